The summed E-state index contributed by atoms with van der Waals surface area (Å²) in [5.41, 5.74) is 2.23. The van der Waals surface area contributed by atoms with E-state index in [4.69, 9.17) is 4.74 Å². The lowest BCUT2D eigenvalue weighted by Gasteiger charge is -2.34. The van der Waals surface area contributed by atoms with Crippen LogP contribution in [-0.2, 0) is 13.0 Å². The Kier molecular flexibility index (Phi) is 7.35. The molecule has 1 saturated heterocycles. The fourth-order valence-electron chi connectivity index (χ4n) is 4.92. The Labute approximate surface area is 215 Å². The molecule has 0 radical (unpaired) electrons. The molecule has 9 heteroatoms. The molecule has 1 fully saturated rings. The summed E-state index contributed by atoms with van der Waals surface area (Å²) in [6.07, 6.45) is 1.32. The summed E-state index contributed by atoms with van der Waals surface area (Å²) >= 11 is 0. The average Bonchev–Trinajstić information content (AvgIpc) is 2.87. The summed E-state index contributed by atoms with van der Waals surface area (Å²) in [4.78, 5) is 15.1. The first-order valence-electron chi connectivity index (χ1n) is 12.7. The van der Waals surface area contributed by atoms with E-state index in [1.165, 1.54) is 12.1 Å². The van der Waals surface area contributed by atoms with Crippen LogP contribution in [0.4, 0.5) is 18.9 Å². The molecule has 37 heavy (non-hydrogen) atoms. The maximum atomic E-state index is 14.9. The fourth-order valence-corrected chi connectivity index (χ4v) is 4.92. The van der Waals surface area contributed by atoms with Gasteiger partial charge in [-0.15, -0.1) is 0 Å². The lowest BCUT2D eigenvalue weighted by atomic mass is 10.1. The van der Waals surface area contributed by atoms with E-state index in [2.05, 4.69) is 26.8 Å². The van der Waals surface area contributed by atoms with Crippen LogP contribution in [0, 0.1) is 17.5 Å². The highest BCUT2D eigenvalue weighted by Gasteiger charge is 2.26. The predicted octanol–water partition coefficient (Wildman–Crippen LogP) is 4.51. The Morgan fingerprint density at radius 1 is 0.946 bits per heavy atom. The van der Waals surface area contributed by atoms with Gasteiger partial charge in [0.05, 0.1) is 18.4 Å². The summed E-state index contributed by atoms with van der Waals surface area (Å²) in [7, 11) is 2.09. The zero-order chi connectivity index (χ0) is 26.1. The van der Waals surface area contributed by atoms with Gasteiger partial charge < -0.3 is 14.5 Å². The van der Waals surface area contributed by atoms with Crippen molar-refractivity contribution >= 4 is 5.69 Å². The highest BCUT2D eigenvalue weighted by Crippen LogP contribution is 2.39. The van der Waals surface area contributed by atoms with Crippen LogP contribution < -0.4 is 9.64 Å². The monoisotopic (exact) mass is 511 g/mol. The molecule has 1 aromatic heterocycles. The third-order valence-corrected chi connectivity index (χ3v) is 7.07. The van der Waals surface area contributed by atoms with Crippen molar-refractivity contribution in [2.75, 3.05) is 51.3 Å². The minimum absolute atomic E-state index is 0.00754. The van der Waals surface area contributed by atoms with E-state index >= 15 is 0 Å². The van der Waals surface area contributed by atoms with Crippen molar-refractivity contribution in [1.29, 1.82) is 0 Å². The van der Waals surface area contributed by atoms with Crippen LogP contribution in [0.3, 0.4) is 0 Å². The Balaban J connectivity index is 1.37. The van der Waals surface area contributed by atoms with Crippen LogP contribution in [-0.4, -0.2) is 72.2 Å². The molecule has 5 rings (SSSR count). The van der Waals surface area contributed by atoms with Gasteiger partial charge in [-0.25, -0.2) is 23.1 Å². The van der Waals surface area contributed by atoms with Gasteiger partial charge in [0.2, 0.25) is 0 Å². The van der Waals surface area contributed by atoms with Gasteiger partial charge in [-0.1, -0.05) is 12.1 Å². The molecular formula is C28H32F3N5O. The quantitative estimate of drug-likeness (QED) is 0.486. The fraction of sp³-hybridized carbons (Fsp3) is 0.429. The van der Waals surface area contributed by atoms with Gasteiger partial charge in [0.1, 0.15) is 23.9 Å². The first kappa shape index (κ1) is 25.5. The first-order valence-corrected chi connectivity index (χ1v) is 12.7. The number of piperazine rings is 1. The van der Waals surface area contributed by atoms with Gasteiger partial charge in [-0.2, -0.15) is 0 Å². The summed E-state index contributed by atoms with van der Waals surface area (Å²) in [6.45, 7) is 9.36. The smallest absolute Gasteiger partial charge is 0.178 e. The second-order valence-corrected chi connectivity index (χ2v) is 10.1. The zero-order valence-corrected chi connectivity index (χ0v) is 21.5. The third kappa shape index (κ3) is 5.57. The van der Waals surface area contributed by atoms with Crippen molar-refractivity contribution in [1.82, 2.24) is 19.8 Å². The number of hydrogen-bond acceptors (Lipinski definition) is 6. The number of ether oxygens (including phenoxy) is 1. The van der Waals surface area contributed by atoms with E-state index < -0.39 is 11.6 Å². The second kappa shape index (κ2) is 10.7. The molecule has 2 aliphatic heterocycles. The summed E-state index contributed by atoms with van der Waals surface area (Å²) < 4.78 is 50.2. The number of likely N-dealkylation sites (N-methyl/N-ethyl adjacent to an activating group) is 1. The van der Waals surface area contributed by atoms with Gasteiger partial charge in [0.25, 0.3) is 0 Å². The lowest BCUT2D eigenvalue weighted by molar-refractivity contribution is 0.147. The van der Waals surface area contributed by atoms with Crippen LogP contribution >= 0.6 is 0 Å². The average molecular weight is 512 g/mol. The number of rotatable bonds is 6. The number of fused-ring (bicyclic) bond motifs is 1. The minimum Gasteiger partial charge on any atom is -0.486 e. The maximum Gasteiger partial charge on any atom is 0.178 e. The van der Waals surface area contributed by atoms with Gasteiger partial charge in [0, 0.05) is 56.3 Å². The number of nitrogens with zero attached hydrogens (tertiary/aromatic N) is 5. The van der Waals surface area contributed by atoms with E-state index in [9.17, 15) is 13.2 Å². The van der Waals surface area contributed by atoms with Gasteiger partial charge >= 0.3 is 0 Å². The molecular weight excluding hydrogens is 479 g/mol. The molecule has 0 amide bonds. The standard InChI is InChI=1S/C28H32F3N5O/c1-18(2)36-10-11-37-28-23(30)14-21(15-25(28)36)27-24(31)16-32-26(33-27)13-19-4-5-20(22(29)12-19)17-35-8-6-34(3)7-9-35/h4-5,12,14-16,18H,6-11,13,17H2,1-3H3. The highest BCUT2D eigenvalue weighted by atomic mass is 19.1. The van der Waals surface area contributed by atoms with E-state index in [0.29, 0.717) is 47.9 Å². The van der Waals surface area contributed by atoms with E-state index in [1.54, 1.807) is 12.1 Å². The summed E-state index contributed by atoms with van der Waals surface area (Å²) in [5, 5.41) is 0. The van der Waals surface area contributed by atoms with Crippen molar-refractivity contribution in [2.24, 2.45) is 0 Å². The number of benzene rings is 2. The highest BCUT2D eigenvalue weighted by molar-refractivity contribution is 5.72. The van der Waals surface area contributed by atoms with Crippen molar-refractivity contribution in [3.8, 4) is 17.0 Å². The van der Waals surface area contributed by atoms with Crippen molar-refractivity contribution in [2.45, 2.75) is 32.9 Å². The number of hydrogen-bond donors (Lipinski definition) is 0. The predicted molar refractivity (Wildman–Crippen MR) is 137 cm³/mol. The lowest BCUT2D eigenvalue weighted by Crippen LogP contribution is -2.44. The molecule has 196 valence electrons. The molecule has 2 aromatic carbocycles. The van der Waals surface area contributed by atoms with Crippen LogP contribution in [0.5, 0.6) is 5.75 Å². The zero-order valence-electron chi connectivity index (χ0n) is 21.5. The number of anilines is 1. The van der Waals surface area contributed by atoms with Gasteiger partial charge in [0.15, 0.2) is 17.4 Å². The number of aromatic nitrogens is 2. The largest absolute Gasteiger partial charge is 0.486 e. The second-order valence-electron chi connectivity index (χ2n) is 10.1. The van der Waals surface area contributed by atoms with Crippen LogP contribution in [0.2, 0.25) is 0 Å². The molecule has 0 aliphatic carbocycles. The summed E-state index contributed by atoms with van der Waals surface area (Å²) in [6, 6.07) is 8.22. The van der Waals surface area contributed by atoms with Crippen LogP contribution in [0.1, 0.15) is 30.8 Å². The van der Waals surface area contributed by atoms with E-state index in [-0.39, 0.29) is 29.7 Å². The Bertz CT molecular complexity index is 1280. The molecule has 0 N–H and O–H groups in total. The molecule has 0 saturated carbocycles. The topological polar surface area (TPSA) is 44.7 Å². The molecule has 0 unspecified atom stereocenters. The van der Waals surface area contributed by atoms with Crippen molar-refractivity contribution in [3.05, 3.63) is 70.9 Å². The third-order valence-electron chi connectivity index (χ3n) is 7.07. The molecule has 3 heterocycles. The van der Waals surface area contributed by atoms with E-state index in [0.717, 1.165) is 32.4 Å². The van der Waals surface area contributed by atoms with Crippen LogP contribution in [0.25, 0.3) is 11.3 Å². The van der Waals surface area contributed by atoms with Gasteiger partial charge in [-0.05, 0) is 44.7 Å². The molecule has 0 bridgehead atoms. The molecule has 6 nitrogen and oxygen atoms in total. The Hall–Kier alpha value is -3.17. The number of halogens is 3. The van der Waals surface area contributed by atoms with E-state index in [1.807, 2.05) is 24.8 Å². The van der Waals surface area contributed by atoms with Crippen LogP contribution in [0.15, 0.2) is 36.5 Å². The normalized spacial score (nSPS) is 16.7. The molecule has 2 aliphatic rings. The molecule has 0 spiro atoms. The minimum atomic E-state index is -0.648. The SMILES string of the molecule is CC(C)N1CCOc2c(F)cc(-c3nc(Cc4ccc(CN5CCN(C)CC5)c(F)c4)ncc3F)cc21. The maximum absolute atomic E-state index is 14.9. The molecule has 0 atom stereocenters. The van der Waals surface area contributed by atoms with Gasteiger partial charge in [-0.3, -0.25) is 4.90 Å². The van der Waals surface area contributed by atoms with Crippen molar-refractivity contribution in [3.63, 3.8) is 0 Å². The first-order chi connectivity index (χ1) is 17.8. The Morgan fingerprint density at radius 3 is 2.46 bits per heavy atom. The summed E-state index contributed by atoms with van der Waals surface area (Å²) in [5.74, 6) is -0.979. The Morgan fingerprint density at radius 2 is 1.73 bits per heavy atom. The van der Waals surface area contributed by atoms with Crippen molar-refractivity contribution < 1.29 is 17.9 Å². The molecule has 3 aromatic rings.